The Morgan fingerprint density at radius 3 is 2.58 bits per heavy atom. The minimum Gasteiger partial charge on any atom is -0.298 e. The Morgan fingerprint density at radius 1 is 1.25 bits per heavy atom. The van der Waals surface area contributed by atoms with E-state index >= 15 is 0 Å². The lowest BCUT2D eigenvalue weighted by Gasteiger charge is -2.33. The third-order valence-corrected chi connectivity index (χ3v) is 4.01. The second-order valence-corrected chi connectivity index (χ2v) is 4.42. The van der Waals surface area contributed by atoms with Gasteiger partial charge in [0.15, 0.2) is 0 Å². The highest BCUT2D eigenvalue weighted by Crippen LogP contribution is 2.57. The molecule has 0 bridgehead atoms. The van der Waals surface area contributed by atoms with Crippen molar-refractivity contribution in [2.45, 2.75) is 51.5 Å². The van der Waals surface area contributed by atoms with Crippen molar-refractivity contribution in [1.29, 1.82) is 0 Å². The SMILES string of the molecule is CCN(CC)[C@]12CCCCC1C2. The lowest BCUT2D eigenvalue weighted by molar-refractivity contribution is 0.149. The molecule has 2 fully saturated rings. The van der Waals surface area contributed by atoms with Crippen molar-refractivity contribution < 1.29 is 0 Å². The standard InChI is InChI=1S/C11H21N/c1-3-12(4-2)11-8-6-5-7-10(11)9-11/h10H,3-9H2,1-2H3/t10?,11-/m0/s1. The van der Waals surface area contributed by atoms with Crippen LogP contribution in [0.1, 0.15) is 46.0 Å². The molecule has 70 valence electrons. The molecule has 0 saturated heterocycles. The Balaban J connectivity index is 2.01. The second kappa shape index (κ2) is 3.02. The van der Waals surface area contributed by atoms with Gasteiger partial charge in [-0.05, 0) is 38.3 Å². The summed E-state index contributed by atoms with van der Waals surface area (Å²) in [6.07, 6.45) is 7.48. The number of rotatable bonds is 3. The van der Waals surface area contributed by atoms with E-state index in [2.05, 4.69) is 18.7 Å². The Bertz CT molecular complexity index is 162. The molecule has 12 heavy (non-hydrogen) atoms. The van der Waals surface area contributed by atoms with E-state index in [1.807, 2.05) is 0 Å². The zero-order valence-electron chi connectivity index (χ0n) is 8.47. The summed E-state index contributed by atoms with van der Waals surface area (Å²) in [5.41, 5.74) is 0.696. The van der Waals surface area contributed by atoms with E-state index < -0.39 is 0 Å². The monoisotopic (exact) mass is 167 g/mol. The Morgan fingerprint density at radius 2 is 2.00 bits per heavy atom. The van der Waals surface area contributed by atoms with Crippen LogP contribution in [-0.2, 0) is 0 Å². The average Bonchev–Trinajstić information content (AvgIpc) is 2.81. The molecule has 0 aromatic carbocycles. The molecule has 2 aliphatic carbocycles. The van der Waals surface area contributed by atoms with Gasteiger partial charge in [0.05, 0.1) is 0 Å². The van der Waals surface area contributed by atoms with E-state index in [1.54, 1.807) is 0 Å². The van der Waals surface area contributed by atoms with Crippen LogP contribution in [0, 0.1) is 5.92 Å². The van der Waals surface area contributed by atoms with Gasteiger partial charge >= 0.3 is 0 Å². The molecule has 2 atom stereocenters. The topological polar surface area (TPSA) is 3.24 Å². The van der Waals surface area contributed by atoms with Crippen LogP contribution in [0.2, 0.25) is 0 Å². The zero-order valence-corrected chi connectivity index (χ0v) is 8.47. The summed E-state index contributed by atoms with van der Waals surface area (Å²) in [6, 6.07) is 0. The first-order chi connectivity index (χ1) is 5.83. The molecular weight excluding hydrogens is 146 g/mol. The van der Waals surface area contributed by atoms with Crippen LogP contribution in [0.15, 0.2) is 0 Å². The molecule has 0 radical (unpaired) electrons. The van der Waals surface area contributed by atoms with Gasteiger partial charge in [0, 0.05) is 5.54 Å². The maximum absolute atomic E-state index is 2.71. The van der Waals surface area contributed by atoms with Gasteiger partial charge in [0.1, 0.15) is 0 Å². The summed E-state index contributed by atoms with van der Waals surface area (Å²) in [6.45, 7) is 7.13. The molecule has 0 aliphatic heterocycles. The van der Waals surface area contributed by atoms with Crippen LogP contribution >= 0.6 is 0 Å². The molecule has 0 N–H and O–H groups in total. The molecule has 0 heterocycles. The van der Waals surface area contributed by atoms with E-state index in [0.717, 1.165) is 5.92 Å². The van der Waals surface area contributed by atoms with E-state index in [9.17, 15) is 0 Å². The van der Waals surface area contributed by atoms with Gasteiger partial charge in [-0.15, -0.1) is 0 Å². The third-order valence-electron chi connectivity index (χ3n) is 4.01. The highest BCUT2D eigenvalue weighted by molar-refractivity contribution is 5.12. The molecule has 0 amide bonds. The van der Waals surface area contributed by atoms with E-state index in [1.165, 1.54) is 45.2 Å². The number of hydrogen-bond acceptors (Lipinski definition) is 1. The predicted molar refractivity (Wildman–Crippen MR) is 52.2 cm³/mol. The van der Waals surface area contributed by atoms with Crippen LogP contribution in [0.25, 0.3) is 0 Å². The van der Waals surface area contributed by atoms with E-state index in [-0.39, 0.29) is 0 Å². The first kappa shape index (κ1) is 8.55. The number of nitrogens with zero attached hydrogens (tertiary/aromatic N) is 1. The number of hydrogen-bond donors (Lipinski definition) is 0. The summed E-state index contributed by atoms with van der Waals surface area (Å²) in [5, 5.41) is 0. The molecule has 0 spiro atoms. The number of fused-ring (bicyclic) bond motifs is 1. The fraction of sp³-hybridized carbons (Fsp3) is 1.00. The summed E-state index contributed by atoms with van der Waals surface area (Å²) in [7, 11) is 0. The average molecular weight is 167 g/mol. The van der Waals surface area contributed by atoms with Gasteiger partial charge in [-0.1, -0.05) is 26.7 Å². The highest BCUT2D eigenvalue weighted by Gasteiger charge is 2.57. The van der Waals surface area contributed by atoms with Crippen LogP contribution in [0.3, 0.4) is 0 Å². The molecule has 1 nitrogen and oxygen atoms in total. The van der Waals surface area contributed by atoms with Gasteiger partial charge in [0.25, 0.3) is 0 Å². The van der Waals surface area contributed by atoms with Crippen molar-refractivity contribution in [3.8, 4) is 0 Å². The van der Waals surface area contributed by atoms with Gasteiger partial charge in [0.2, 0.25) is 0 Å². The smallest absolute Gasteiger partial charge is 0.0241 e. The molecular formula is C11H21N. The quantitative estimate of drug-likeness (QED) is 0.624. The fourth-order valence-corrected chi connectivity index (χ4v) is 3.27. The van der Waals surface area contributed by atoms with Crippen molar-refractivity contribution in [2.24, 2.45) is 5.92 Å². The van der Waals surface area contributed by atoms with E-state index in [4.69, 9.17) is 0 Å². The van der Waals surface area contributed by atoms with Gasteiger partial charge in [-0.25, -0.2) is 0 Å². The molecule has 0 aromatic rings. The molecule has 0 aromatic heterocycles. The maximum Gasteiger partial charge on any atom is 0.0241 e. The lowest BCUT2D eigenvalue weighted by atomic mass is 9.94. The molecule has 1 heteroatoms. The van der Waals surface area contributed by atoms with Crippen molar-refractivity contribution in [3.63, 3.8) is 0 Å². The zero-order chi connectivity index (χ0) is 8.60. The van der Waals surface area contributed by atoms with Crippen molar-refractivity contribution >= 4 is 0 Å². The van der Waals surface area contributed by atoms with E-state index in [0.29, 0.717) is 5.54 Å². The summed E-state index contributed by atoms with van der Waals surface area (Å²) in [4.78, 5) is 2.71. The first-order valence-electron chi connectivity index (χ1n) is 5.58. The van der Waals surface area contributed by atoms with Crippen molar-refractivity contribution in [3.05, 3.63) is 0 Å². The Labute approximate surface area is 76.1 Å². The fourth-order valence-electron chi connectivity index (χ4n) is 3.27. The molecule has 2 saturated carbocycles. The van der Waals surface area contributed by atoms with Crippen LogP contribution in [-0.4, -0.2) is 23.5 Å². The minimum absolute atomic E-state index is 0.696. The van der Waals surface area contributed by atoms with Gasteiger partial charge in [-0.3, -0.25) is 4.90 Å². The molecule has 2 aliphatic rings. The van der Waals surface area contributed by atoms with Crippen LogP contribution in [0.5, 0.6) is 0 Å². The summed E-state index contributed by atoms with van der Waals surface area (Å²) in [5.74, 6) is 1.08. The lowest BCUT2D eigenvalue weighted by Crippen LogP contribution is -2.40. The van der Waals surface area contributed by atoms with Crippen molar-refractivity contribution in [1.82, 2.24) is 4.90 Å². The Kier molecular flexibility index (Phi) is 2.16. The Hall–Kier alpha value is -0.0400. The summed E-state index contributed by atoms with van der Waals surface area (Å²) >= 11 is 0. The van der Waals surface area contributed by atoms with Gasteiger partial charge in [-0.2, -0.15) is 0 Å². The predicted octanol–water partition coefficient (Wildman–Crippen LogP) is 2.66. The minimum atomic E-state index is 0.696. The highest BCUT2D eigenvalue weighted by atomic mass is 15.2. The van der Waals surface area contributed by atoms with Crippen LogP contribution < -0.4 is 0 Å². The third kappa shape index (κ3) is 1.10. The van der Waals surface area contributed by atoms with Crippen molar-refractivity contribution in [2.75, 3.05) is 13.1 Å². The molecule has 1 unspecified atom stereocenters. The summed E-state index contributed by atoms with van der Waals surface area (Å²) < 4.78 is 0. The first-order valence-corrected chi connectivity index (χ1v) is 5.58. The largest absolute Gasteiger partial charge is 0.298 e. The van der Waals surface area contributed by atoms with Gasteiger partial charge < -0.3 is 0 Å². The normalized spacial score (nSPS) is 39.8. The van der Waals surface area contributed by atoms with Crippen LogP contribution in [0.4, 0.5) is 0 Å². The second-order valence-electron chi connectivity index (χ2n) is 4.42. The molecule has 2 rings (SSSR count). The maximum atomic E-state index is 2.71.